The second-order valence-electron chi connectivity index (χ2n) is 6.12. The van der Waals surface area contributed by atoms with Crippen LogP contribution in [-0.2, 0) is 19.6 Å². The molecule has 2 aliphatic heterocycles. The number of carbonyl (C=O) groups excluding carboxylic acids is 1. The van der Waals surface area contributed by atoms with Gasteiger partial charge in [0, 0.05) is 25.8 Å². The highest BCUT2D eigenvalue weighted by Gasteiger charge is 2.40. The molecule has 1 N–H and O–H groups in total. The van der Waals surface area contributed by atoms with Crippen LogP contribution in [0.1, 0.15) is 25.7 Å². The Labute approximate surface area is 141 Å². The van der Waals surface area contributed by atoms with Gasteiger partial charge in [0.05, 0.1) is 4.90 Å². The number of amides is 1. The van der Waals surface area contributed by atoms with Crippen LogP contribution >= 0.6 is 0 Å². The van der Waals surface area contributed by atoms with E-state index in [1.807, 2.05) is 0 Å². The molecule has 0 aliphatic carbocycles. The first-order valence-corrected chi connectivity index (χ1v) is 9.58. The lowest BCUT2D eigenvalue weighted by Crippen LogP contribution is -2.49. The molecule has 2 fully saturated rings. The van der Waals surface area contributed by atoms with Gasteiger partial charge in [-0.1, -0.05) is 0 Å². The molecule has 0 unspecified atom stereocenters. The third-order valence-electron chi connectivity index (χ3n) is 4.49. The number of carbonyl (C=O) groups is 1. The Morgan fingerprint density at radius 3 is 2.50 bits per heavy atom. The summed E-state index contributed by atoms with van der Waals surface area (Å²) in [5.74, 6) is -0.755. The molecule has 8 heteroatoms. The summed E-state index contributed by atoms with van der Waals surface area (Å²) < 4.78 is 45.0. The predicted molar refractivity (Wildman–Crippen MR) is 85.3 cm³/mol. The van der Waals surface area contributed by atoms with E-state index in [4.69, 9.17) is 4.74 Å². The quantitative estimate of drug-likeness (QED) is 0.882. The topological polar surface area (TPSA) is 75.7 Å². The number of ether oxygens (including phenoxy) is 1. The number of sulfonamides is 1. The number of nitrogens with zero attached hydrogens (tertiary/aromatic N) is 1. The molecule has 0 aromatic heterocycles. The normalized spacial score (nSPS) is 23.3. The molecule has 1 aromatic carbocycles. The molecule has 1 atom stereocenters. The molecule has 0 radical (unpaired) electrons. The molecule has 1 aromatic rings. The van der Waals surface area contributed by atoms with Crippen molar-refractivity contribution in [2.45, 2.75) is 42.7 Å². The lowest BCUT2D eigenvalue weighted by molar-refractivity contribution is -0.125. The minimum Gasteiger partial charge on any atom is -0.381 e. The maximum absolute atomic E-state index is 13.0. The minimum absolute atomic E-state index is 0.00895. The van der Waals surface area contributed by atoms with Gasteiger partial charge in [-0.25, -0.2) is 12.8 Å². The van der Waals surface area contributed by atoms with Gasteiger partial charge in [0.25, 0.3) is 0 Å². The van der Waals surface area contributed by atoms with Crippen LogP contribution in [-0.4, -0.2) is 50.5 Å². The lowest BCUT2D eigenvalue weighted by atomic mass is 10.1. The Morgan fingerprint density at radius 2 is 1.83 bits per heavy atom. The van der Waals surface area contributed by atoms with Crippen LogP contribution in [0.15, 0.2) is 29.2 Å². The van der Waals surface area contributed by atoms with E-state index in [-0.39, 0.29) is 16.8 Å². The number of hydrogen-bond donors (Lipinski definition) is 1. The number of benzene rings is 1. The molecule has 2 heterocycles. The van der Waals surface area contributed by atoms with Crippen LogP contribution in [0.3, 0.4) is 0 Å². The SMILES string of the molecule is O=C(NC1CCOCC1)[C@@H]1CCCN1S(=O)(=O)c1ccc(F)cc1. The van der Waals surface area contributed by atoms with Crippen molar-refractivity contribution in [3.63, 3.8) is 0 Å². The van der Waals surface area contributed by atoms with E-state index in [1.165, 1.54) is 16.4 Å². The molecule has 1 amide bonds. The standard InChI is InChI=1S/C16H21FN2O4S/c17-12-3-5-14(6-4-12)24(21,22)19-9-1-2-15(19)16(20)18-13-7-10-23-11-8-13/h3-6,13,15H,1-2,7-11H2,(H,18,20)/t15-/m0/s1. The van der Waals surface area contributed by atoms with Crippen molar-refractivity contribution in [3.05, 3.63) is 30.1 Å². The molecular weight excluding hydrogens is 335 g/mol. The Bertz CT molecular complexity index is 687. The van der Waals surface area contributed by atoms with Crippen molar-refractivity contribution in [2.75, 3.05) is 19.8 Å². The predicted octanol–water partition coefficient (Wildman–Crippen LogP) is 1.27. The fourth-order valence-electron chi connectivity index (χ4n) is 3.17. The maximum Gasteiger partial charge on any atom is 0.243 e. The summed E-state index contributed by atoms with van der Waals surface area (Å²) >= 11 is 0. The van der Waals surface area contributed by atoms with E-state index in [1.54, 1.807) is 0 Å². The van der Waals surface area contributed by atoms with Gasteiger partial charge in [-0.3, -0.25) is 4.79 Å². The van der Waals surface area contributed by atoms with Crippen molar-refractivity contribution in [1.29, 1.82) is 0 Å². The molecule has 0 saturated carbocycles. The number of rotatable bonds is 4. The Kier molecular flexibility index (Phi) is 5.17. The third kappa shape index (κ3) is 3.60. The highest BCUT2D eigenvalue weighted by molar-refractivity contribution is 7.89. The van der Waals surface area contributed by atoms with Crippen molar-refractivity contribution >= 4 is 15.9 Å². The highest BCUT2D eigenvalue weighted by Crippen LogP contribution is 2.26. The molecular formula is C16H21FN2O4S. The van der Waals surface area contributed by atoms with Crippen LogP contribution in [0, 0.1) is 5.82 Å². The van der Waals surface area contributed by atoms with Crippen LogP contribution in [0.25, 0.3) is 0 Å². The van der Waals surface area contributed by atoms with Gasteiger partial charge in [-0.15, -0.1) is 0 Å². The van der Waals surface area contributed by atoms with E-state index < -0.39 is 21.9 Å². The molecule has 6 nitrogen and oxygen atoms in total. The fourth-order valence-corrected chi connectivity index (χ4v) is 4.83. The molecule has 2 aliphatic rings. The smallest absolute Gasteiger partial charge is 0.243 e. The highest BCUT2D eigenvalue weighted by atomic mass is 32.2. The van der Waals surface area contributed by atoms with Gasteiger partial charge in [-0.05, 0) is 49.9 Å². The van der Waals surface area contributed by atoms with Crippen molar-refractivity contribution < 1.29 is 22.3 Å². The van der Waals surface area contributed by atoms with Crippen molar-refractivity contribution in [1.82, 2.24) is 9.62 Å². The van der Waals surface area contributed by atoms with Crippen LogP contribution in [0.4, 0.5) is 4.39 Å². The number of nitrogens with one attached hydrogen (secondary N) is 1. The van der Waals surface area contributed by atoms with Crippen molar-refractivity contribution in [2.24, 2.45) is 0 Å². The molecule has 0 bridgehead atoms. The zero-order valence-electron chi connectivity index (χ0n) is 13.3. The van der Waals surface area contributed by atoms with Gasteiger partial charge in [0.1, 0.15) is 11.9 Å². The van der Waals surface area contributed by atoms with E-state index in [0.717, 1.165) is 25.0 Å². The van der Waals surface area contributed by atoms with E-state index in [9.17, 15) is 17.6 Å². The number of halogens is 1. The van der Waals surface area contributed by atoms with E-state index in [0.29, 0.717) is 32.6 Å². The third-order valence-corrected chi connectivity index (χ3v) is 6.42. The first-order chi connectivity index (χ1) is 11.5. The van der Waals surface area contributed by atoms with Gasteiger partial charge in [-0.2, -0.15) is 4.31 Å². The second kappa shape index (κ2) is 7.16. The fraction of sp³-hybridized carbons (Fsp3) is 0.562. The Morgan fingerprint density at radius 1 is 1.17 bits per heavy atom. The molecule has 0 spiro atoms. The zero-order valence-corrected chi connectivity index (χ0v) is 14.1. The number of hydrogen-bond acceptors (Lipinski definition) is 4. The minimum atomic E-state index is -3.81. The second-order valence-corrected chi connectivity index (χ2v) is 8.01. The van der Waals surface area contributed by atoms with Gasteiger partial charge in [0.15, 0.2) is 0 Å². The maximum atomic E-state index is 13.0. The van der Waals surface area contributed by atoms with Crippen LogP contribution < -0.4 is 5.32 Å². The summed E-state index contributed by atoms with van der Waals surface area (Å²) in [6, 6.07) is 4.01. The Hall–Kier alpha value is -1.51. The van der Waals surface area contributed by atoms with Crippen LogP contribution in [0.2, 0.25) is 0 Å². The van der Waals surface area contributed by atoms with Gasteiger partial charge < -0.3 is 10.1 Å². The monoisotopic (exact) mass is 356 g/mol. The average Bonchev–Trinajstić information content (AvgIpc) is 3.07. The summed E-state index contributed by atoms with van der Waals surface area (Å²) in [7, 11) is -3.81. The summed E-state index contributed by atoms with van der Waals surface area (Å²) in [5.41, 5.74) is 0. The summed E-state index contributed by atoms with van der Waals surface area (Å²) in [5, 5.41) is 2.94. The largest absolute Gasteiger partial charge is 0.381 e. The molecule has 132 valence electrons. The van der Waals surface area contributed by atoms with Crippen LogP contribution in [0.5, 0.6) is 0 Å². The summed E-state index contributed by atoms with van der Waals surface area (Å²) in [6.07, 6.45) is 2.61. The summed E-state index contributed by atoms with van der Waals surface area (Å²) in [6.45, 7) is 1.51. The molecule has 2 saturated heterocycles. The van der Waals surface area contributed by atoms with E-state index >= 15 is 0 Å². The van der Waals surface area contributed by atoms with E-state index in [2.05, 4.69) is 5.32 Å². The first-order valence-electron chi connectivity index (χ1n) is 8.14. The van der Waals surface area contributed by atoms with Gasteiger partial charge in [0.2, 0.25) is 15.9 Å². The lowest BCUT2D eigenvalue weighted by Gasteiger charge is -2.28. The average molecular weight is 356 g/mol. The Balaban J connectivity index is 1.74. The first kappa shape index (κ1) is 17.3. The van der Waals surface area contributed by atoms with Crippen molar-refractivity contribution in [3.8, 4) is 0 Å². The summed E-state index contributed by atoms with van der Waals surface area (Å²) in [4.78, 5) is 12.5. The molecule has 24 heavy (non-hydrogen) atoms. The van der Waals surface area contributed by atoms with Gasteiger partial charge >= 0.3 is 0 Å². The molecule has 3 rings (SSSR count). The zero-order chi connectivity index (χ0) is 17.2.